The lowest BCUT2D eigenvalue weighted by molar-refractivity contribution is 0.102. The molecule has 2 N–H and O–H groups in total. The van der Waals surface area contributed by atoms with Gasteiger partial charge in [-0.1, -0.05) is 15.9 Å². The van der Waals surface area contributed by atoms with E-state index in [0.717, 1.165) is 13.7 Å². The first-order valence-corrected chi connectivity index (χ1v) is 7.30. The van der Waals surface area contributed by atoms with Crippen LogP contribution >= 0.6 is 38.5 Å². The van der Waals surface area contributed by atoms with Gasteiger partial charge in [-0.15, -0.1) is 0 Å². The minimum absolute atomic E-state index is 0.0985. The Labute approximate surface area is 131 Å². The molecule has 0 saturated carbocycles. The number of hydrogen-bond donors (Lipinski definition) is 2. The van der Waals surface area contributed by atoms with E-state index in [9.17, 15) is 9.59 Å². The Hall–Kier alpha value is -1.15. The second kappa shape index (κ2) is 5.87. The summed E-state index contributed by atoms with van der Waals surface area (Å²) in [5, 5.41) is 2.73. The summed E-state index contributed by atoms with van der Waals surface area (Å²) in [5.74, 6) is -0.419. The summed E-state index contributed by atoms with van der Waals surface area (Å²) in [5.41, 5.74) is 1.19. The van der Waals surface area contributed by atoms with Crippen molar-refractivity contribution in [3.8, 4) is 0 Å². The van der Waals surface area contributed by atoms with E-state index in [1.54, 1.807) is 13.0 Å². The molecule has 0 atom stereocenters. The first-order valence-electron chi connectivity index (χ1n) is 5.43. The van der Waals surface area contributed by atoms with Crippen LogP contribution < -0.4 is 10.7 Å². The zero-order valence-electron chi connectivity index (χ0n) is 9.96. The molecule has 0 radical (unpaired) electrons. The van der Waals surface area contributed by atoms with Crippen LogP contribution in [-0.4, -0.2) is 10.9 Å². The predicted octanol–water partition coefficient (Wildman–Crippen LogP) is 3.30. The molecule has 0 saturated heterocycles. The van der Waals surface area contributed by atoms with Gasteiger partial charge in [0.05, 0.1) is 5.69 Å². The van der Waals surface area contributed by atoms with Gasteiger partial charge < -0.3 is 10.3 Å². The lowest BCUT2D eigenvalue weighted by Gasteiger charge is -2.07. The Morgan fingerprint density at radius 3 is 2.79 bits per heavy atom. The quantitative estimate of drug-likeness (QED) is 0.715. The third-order valence-corrected chi connectivity index (χ3v) is 3.91. The standard InChI is InChI=1S/C13H10BrIN2O2/c1-7-4-12(18)9(6-16-7)13(19)17-11-5-8(14)2-3-10(11)15/h2-6H,1H3,(H,16,18)(H,17,19). The van der Waals surface area contributed by atoms with Crippen LogP contribution in [0.1, 0.15) is 16.1 Å². The monoisotopic (exact) mass is 432 g/mol. The normalized spacial score (nSPS) is 10.3. The number of rotatable bonds is 2. The number of benzene rings is 1. The largest absolute Gasteiger partial charge is 0.364 e. The minimum Gasteiger partial charge on any atom is -0.364 e. The van der Waals surface area contributed by atoms with Crippen LogP contribution in [0.4, 0.5) is 5.69 Å². The summed E-state index contributed by atoms with van der Waals surface area (Å²) in [6, 6.07) is 6.96. The molecule has 2 aromatic rings. The smallest absolute Gasteiger partial charge is 0.261 e. The van der Waals surface area contributed by atoms with E-state index < -0.39 is 5.91 Å². The average Bonchev–Trinajstić information content (AvgIpc) is 2.33. The number of pyridine rings is 1. The van der Waals surface area contributed by atoms with Crippen molar-refractivity contribution in [3.63, 3.8) is 0 Å². The van der Waals surface area contributed by atoms with E-state index in [1.807, 2.05) is 12.1 Å². The van der Waals surface area contributed by atoms with Crippen LogP contribution in [0, 0.1) is 10.5 Å². The number of hydrogen-bond acceptors (Lipinski definition) is 2. The number of anilines is 1. The van der Waals surface area contributed by atoms with Gasteiger partial charge in [0.1, 0.15) is 5.56 Å². The highest BCUT2D eigenvalue weighted by atomic mass is 127. The maximum absolute atomic E-state index is 12.1. The summed E-state index contributed by atoms with van der Waals surface area (Å²) in [6.07, 6.45) is 1.43. The molecule has 1 aromatic carbocycles. The Bertz CT molecular complexity index is 697. The highest BCUT2D eigenvalue weighted by Crippen LogP contribution is 2.23. The fourth-order valence-electron chi connectivity index (χ4n) is 1.53. The van der Waals surface area contributed by atoms with Gasteiger partial charge in [-0.3, -0.25) is 9.59 Å². The van der Waals surface area contributed by atoms with E-state index in [2.05, 4.69) is 48.8 Å². The average molecular weight is 433 g/mol. The summed E-state index contributed by atoms with van der Waals surface area (Å²) in [4.78, 5) is 26.7. The third kappa shape index (κ3) is 3.44. The molecule has 0 unspecified atom stereocenters. The highest BCUT2D eigenvalue weighted by Gasteiger charge is 2.12. The van der Waals surface area contributed by atoms with Crippen LogP contribution in [0.5, 0.6) is 0 Å². The molecule has 4 nitrogen and oxygen atoms in total. The molecule has 19 heavy (non-hydrogen) atoms. The van der Waals surface area contributed by atoms with Crippen molar-refractivity contribution in [2.24, 2.45) is 0 Å². The van der Waals surface area contributed by atoms with Crippen molar-refractivity contribution in [3.05, 3.63) is 60.0 Å². The first kappa shape index (κ1) is 14.3. The number of carbonyl (C=O) groups is 1. The van der Waals surface area contributed by atoms with Crippen LogP contribution in [0.15, 0.2) is 39.7 Å². The molecule has 0 aliphatic rings. The molecule has 0 spiro atoms. The topological polar surface area (TPSA) is 62.0 Å². The zero-order chi connectivity index (χ0) is 14.0. The van der Waals surface area contributed by atoms with E-state index in [1.165, 1.54) is 12.3 Å². The number of nitrogens with one attached hydrogen (secondary N) is 2. The second-order valence-electron chi connectivity index (χ2n) is 3.97. The summed E-state index contributed by atoms with van der Waals surface area (Å²) < 4.78 is 1.76. The molecular weight excluding hydrogens is 423 g/mol. The maximum Gasteiger partial charge on any atom is 0.261 e. The van der Waals surface area contributed by atoms with Crippen molar-refractivity contribution < 1.29 is 4.79 Å². The van der Waals surface area contributed by atoms with E-state index in [0.29, 0.717) is 5.69 Å². The predicted molar refractivity (Wildman–Crippen MR) is 86.6 cm³/mol. The van der Waals surface area contributed by atoms with Gasteiger partial charge in [-0.2, -0.15) is 0 Å². The van der Waals surface area contributed by atoms with Crippen LogP contribution in [0.3, 0.4) is 0 Å². The fraction of sp³-hybridized carbons (Fsp3) is 0.0769. The summed E-state index contributed by atoms with van der Waals surface area (Å²) in [6.45, 7) is 1.76. The Morgan fingerprint density at radius 1 is 1.37 bits per heavy atom. The van der Waals surface area contributed by atoms with E-state index in [4.69, 9.17) is 0 Å². The van der Waals surface area contributed by atoms with Crippen LogP contribution in [0.25, 0.3) is 0 Å². The summed E-state index contributed by atoms with van der Waals surface area (Å²) in [7, 11) is 0. The number of aromatic nitrogens is 1. The third-order valence-electron chi connectivity index (χ3n) is 2.48. The lowest BCUT2D eigenvalue weighted by Crippen LogP contribution is -2.21. The van der Waals surface area contributed by atoms with Crippen molar-refractivity contribution >= 4 is 50.1 Å². The number of amides is 1. The minimum atomic E-state index is -0.419. The number of carbonyl (C=O) groups excluding carboxylic acids is 1. The van der Waals surface area contributed by atoms with Crippen LogP contribution in [-0.2, 0) is 0 Å². The number of aromatic amines is 1. The zero-order valence-corrected chi connectivity index (χ0v) is 13.7. The van der Waals surface area contributed by atoms with Gasteiger partial charge in [-0.05, 0) is 47.7 Å². The molecule has 6 heteroatoms. The van der Waals surface area contributed by atoms with Gasteiger partial charge in [0, 0.05) is 26.0 Å². The van der Waals surface area contributed by atoms with Crippen molar-refractivity contribution in [2.75, 3.05) is 5.32 Å². The molecule has 0 aliphatic heterocycles. The maximum atomic E-state index is 12.1. The first-order chi connectivity index (χ1) is 8.97. The van der Waals surface area contributed by atoms with Crippen LogP contribution in [0.2, 0.25) is 0 Å². The molecule has 0 aliphatic carbocycles. The van der Waals surface area contributed by atoms with Gasteiger partial charge in [0.2, 0.25) is 0 Å². The second-order valence-corrected chi connectivity index (χ2v) is 6.05. The molecular formula is C13H10BrIN2O2. The fourth-order valence-corrected chi connectivity index (χ4v) is 2.36. The summed E-state index contributed by atoms with van der Waals surface area (Å²) >= 11 is 5.47. The SMILES string of the molecule is Cc1cc(=O)c(C(=O)Nc2cc(Br)ccc2I)c[nH]1. The number of H-pyrrole nitrogens is 1. The molecule has 1 aromatic heterocycles. The van der Waals surface area contributed by atoms with Crippen molar-refractivity contribution in [1.82, 2.24) is 4.98 Å². The van der Waals surface area contributed by atoms with E-state index in [-0.39, 0.29) is 11.0 Å². The Balaban J connectivity index is 2.31. The van der Waals surface area contributed by atoms with Gasteiger partial charge >= 0.3 is 0 Å². The van der Waals surface area contributed by atoms with Gasteiger partial charge in [-0.25, -0.2) is 0 Å². The van der Waals surface area contributed by atoms with Gasteiger partial charge in [0.25, 0.3) is 5.91 Å². The Kier molecular flexibility index (Phi) is 4.41. The highest BCUT2D eigenvalue weighted by molar-refractivity contribution is 14.1. The van der Waals surface area contributed by atoms with E-state index >= 15 is 0 Å². The van der Waals surface area contributed by atoms with Gasteiger partial charge in [0.15, 0.2) is 5.43 Å². The molecule has 0 bridgehead atoms. The molecule has 98 valence electrons. The molecule has 1 heterocycles. The molecule has 1 amide bonds. The lowest BCUT2D eigenvalue weighted by atomic mass is 10.2. The Morgan fingerprint density at radius 2 is 2.11 bits per heavy atom. The number of halogens is 2. The molecule has 2 rings (SSSR count). The number of aryl methyl sites for hydroxylation is 1. The van der Waals surface area contributed by atoms with Crippen molar-refractivity contribution in [2.45, 2.75) is 6.92 Å². The molecule has 0 fully saturated rings. The van der Waals surface area contributed by atoms with Crippen molar-refractivity contribution in [1.29, 1.82) is 0 Å².